The van der Waals surface area contributed by atoms with Gasteiger partial charge in [0.15, 0.2) is 0 Å². The van der Waals surface area contributed by atoms with Crippen molar-refractivity contribution in [2.45, 2.75) is 0 Å². The van der Waals surface area contributed by atoms with Crippen molar-refractivity contribution >= 4 is 39.6 Å². The Kier molecular flexibility index (Phi) is 3.51. The zero-order chi connectivity index (χ0) is 9.84. The summed E-state index contributed by atoms with van der Waals surface area (Å²) in [6, 6.07) is 5.18. The Morgan fingerprint density at radius 3 is 2.85 bits per heavy atom. The normalized spacial score (nSPS) is 10.6. The van der Waals surface area contributed by atoms with Crippen LogP contribution < -0.4 is 5.11 Å². The van der Waals surface area contributed by atoms with Crippen molar-refractivity contribution in [3.8, 4) is 0 Å². The third kappa shape index (κ3) is 3.20. The summed E-state index contributed by atoms with van der Waals surface area (Å²) in [5.41, 5.74) is 0.639. The highest BCUT2D eigenvalue weighted by Crippen LogP contribution is 2.21. The van der Waals surface area contributed by atoms with Crippen LogP contribution in [0, 0.1) is 0 Å². The number of carbonyl (C=O) groups excluding carboxylic acids is 1. The number of halogens is 2. The summed E-state index contributed by atoms with van der Waals surface area (Å²) in [7, 11) is 0. The Hall–Kier alpha value is -0.800. The van der Waals surface area contributed by atoms with Gasteiger partial charge in [0.25, 0.3) is 0 Å². The van der Waals surface area contributed by atoms with Gasteiger partial charge in [-0.2, -0.15) is 0 Å². The maximum absolute atomic E-state index is 10.1. The molecule has 0 fully saturated rings. The molecule has 0 aromatic heterocycles. The van der Waals surface area contributed by atoms with E-state index in [1.54, 1.807) is 18.2 Å². The molecule has 0 spiro atoms. The minimum Gasteiger partial charge on any atom is -0.545 e. The predicted molar refractivity (Wildman–Crippen MR) is 53.2 cm³/mol. The van der Waals surface area contributed by atoms with E-state index in [-0.39, 0.29) is 0 Å². The number of benzene rings is 1. The van der Waals surface area contributed by atoms with Crippen molar-refractivity contribution in [1.29, 1.82) is 0 Å². The highest BCUT2D eigenvalue weighted by Gasteiger charge is 1.96. The average molecular weight is 260 g/mol. The lowest BCUT2D eigenvalue weighted by Gasteiger charge is -1.99. The fraction of sp³-hybridized carbons (Fsp3) is 0. The van der Waals surface area contributed by atoms with Gasteiger partial charge in [-0.3, -0.25) is 0 Å². The van der Waals surface area contributed by atoms with Gasteiger partial charge in [0.2, 0.25) is 0 Å². The molecule has 0 N–H and O–H groups in total. The zero-order valence-electron chi connectivity index (χ0n) is 6.46. The van der Waals surface area contributed by atoms with Crippen molar-refractivity contribution in [3.05, 3.63) is 39.3 Å². The second-order valence-corrected chi connectivity index (χ2v) is 3.64. The Balaban J connectivity index is 3.00. The van der Waals surface area contributed by atoms with E-state index in [0.717, 1.165) is 10.5 Å². The number of rotatable bonds is 2. The lowest BCUT2D eigenvalue weighted by molar-refractivity contribution is -0.297. The first-order chi connectivity index (χ1) is 6.09. The molecule has 1 rings (SSSR count). The Bertz CT molecular complexity index is 361. The van der Waals surface area contributed by atoms with Gasteiger partial charge in [0.1, 0.15) is 0 Å². The summed E-state index contributed by atoms with van der Waals surface area (Å²) >= 11 is 9.04. The molecular formula is C9H5BrClO2-. The van der Waals surface area contributed by atoms with Gasteiger partial charge in [-0.1, -0.05) is 33.6 Å². The Morgan fingerprint density at radius 2 is 2.23 bits per heavy atom. The number of aliphatic carboxylic acids is 1. The second-order valence-electron chi connectivity index (χ2n) is 2.32. The summed E-state index contributed by atoms with van der Waals surface area (Å²) in [4.78, 5) is 10.1. The van der Waals surface area contributed by atoms with Crippen molar-refractivity contribution < 1.29 is 9.90 Å². The van der Waals surface area contributed by atoms with Crippen LogP contribution in [0.4, 0.5) is 0 Å². The molecule has 4 heteroatoms. The largest absolute Gasteiger partial charge is 0.545 e. The molecule has 1 aromatic rings. The van der Waals surface area contributed by atoms with Crippen LogP contribution in [-0.4, -0.2) is 5.97 Å². The Morgan fingerprint density at radius 1 is 1.54 bits per heavy atom. The highest BCUT2D eigenvalue weighted by atomic mass is 79.9. The van der Waals surface area contributed by atoms with E-state index >= 15 is 0 Å². The van der Waals surface area contributed by atoms with E-state index in [9.17, 15) is 9.90 Å². The maximum Gasteiger partial charge on any atom is 0.0643 e. The number of hydrogen-bond donors (Lipinski definition) is 0. The second kappa shape index (κ2) is 4.44. The molecular weight excluding hydrogens is 255 g/mol. The number of carbonyl (C=O) groups is 1. The van der Waals surface area contributed by atoms with Gasteiger partial charge in [0.05, 0.1) is 5.97 Å². The lowest BCUT2D eigenvalue weighted by Crippen LogP contribution is -2.18. The standard InChI is InChI=1S/C9H6BrClO2/c10-7-2-3-8(11)6(5-7)1-4-9(12)13/h1-5H,(H,12,13)/p-1/b4-1+. The Labute approximate surface area is 89.0 Å². The van der Waals surface area contributed by atoms with Gasteiger partial charge in [-0.05, 0) is 29.8 Å². The van der Waals surface area contributed by atoms with Crippen LogP contribution in [0.5, 0.6) is 0 Å². The van der Waals surface area contributed by atoms with Crippen LogP contribution in [-0.2, 0) is 4.79 Å². The summed E-state index contributed by atoms with van der Waals surface area (Å²) in [5.74, 6) is -1.24. The third-order valence-corrected chi connectivity index (χ3v) is 2.19. The smallest absolute Gasteiger partial charge is 0.0643 e. The van der Waals surface area contributed by atoms with Gasteiger partial charge in [-0.25, -0.2) is 0 Å². The zero-order valence-corrected chi connectivity index (χ0v) is 8.80. The molecule has 0 amide bonds. The van der Waals surface area contributed by atoms with E-state index in [2.05, 4.69) is 15.9 Å². The highest BCUT2D eigenvalue weighted by molar-refractivity contribution is 9.10. The molecule has 2 nitrogen and oxygen atoms in total. The summed E-state index contributed by atoms with van der Waals surface area (Å²) in [6.45, 7) is 0. The van der Waals surface area contributed by atoms with Gasteiger partial charge >= 0.3 is 0 Å². The van der Waals surface area contributed by atoms with Crippen LogP contribution in [0.25, 0.3) is 6.08 Å². The molecule has 0 bridgehead atoms. The first kappa shape index (κ1) is 10.3. The fourth-order valence-corrected chi connectivity index (χ4v) is 1.36. The van der Waals surface area contributed by atoms with Crippen molar-refractivity contribution in [2.24, 2.45) is 0 Å². The van der Waals surface area contributed by atoms with Crippen LogP contribution in [0.1, 0.15) is 5.56 Å². The van der Waals surface area contributed by atoms with E-state index in [0.29, 0.717) is 10.6 Å². The summed E-state index contributed by atoms with van der Waals surface area (Å²) in [5, 5.41) is 10.6. The average Bonchev–Trinajstić information content (AvgIpc) is 2.06. The SMILES string of the molecule is O=C([O-])/C=C/c1cc(Br)ccc1Cl. The van der Waals surface area contributed by atoms with Gasteiger partial charge in [-0.15, -0.1) is 0 Å². The van der Waals surface area contributed by atoms with E-state index in [1.807, 2.05) is 0 Å². The minimum atomic E-state index is -1.24. The molecule has 0 saturated carbocycles. The number of hydrogen-bond acceptors (Lipinski definition) is 2. The molecule has 0 heterocycles. The topological polar surface area (TPSA) is 40.1 Å². The van der Waals surface area contributed by atoms with Crippen LogP contribution in [0.2, 0.25) is 5.02 Å². The molecule has 0 aliphatic heterocycles. The van der Waals surface area contributed by atoms with Gasteiger partial charge in [0, 0.05) is 9.50 Å². The molecule has 0 radical (unpaired) electrons. The lowest BCUT2D eigenvalue weighted by atomic mass is 10.2. The number of carboxylic acids is 1. The van der Waals surface area contributed by atoms with E-state index in [4.69, 9.17) is 11.6 Å². The van der Waals surface area contributed by atoms with Gasteiger partial charge < -0.3 is 9.90 Å². The molecule has 68 valence electrons. The molecule has 0 atom stereocenters. The summed E-state index contributed by atoms with van der Waals surface area (Å²) < 4.78 is 0.842. The van der Waals surface area contributed by atoms with Crippen molar-refractivity contribution in [3.63, 3.8) is 0 Å². The summed E-state index contributed by atoms with van der Waals surface area (Å²) in [6.07, 6.45) is 2.33. The fourth-order valence-electron chi connectivity index (χ4n) is 0.800. The quantitative estimate of drug-likeness (QED) is 0.762. The van der Waals surface area contributed by atoms with E-state index < -0.39 is 5.97 Å². The molecule has 13 heavy (non-hydrogen) atoms. The molecule has 0 unspecified atom stereocenters. The monoisotopic (exact) mass is 259 g/mol. The molecule has 0 aliphatic rings. The molecule has 0 aliphatic carbocycles. The third-order valence-electron chi connectivity index (χ3n) is 1.36. The van der Waals surface area contributed by atoms with E-state index in [1.165, 1.54) is 6.08 Å². The van der Waals surface area contributed by atoms with Crippen molar-refractivity contribution in [1.82, 2.24) is 0 Å². The van der Waals surface area contributed by atoms with Crippen LogP contribution >= 0.6 is 27.5 Å². The molecule has 0 saturated heterocycles. The molecule has 1 aromatic carbocycles. The first-order valence-electron chi connectivity index (χ1n) is 3.43. The minimum absolute atomic E-state index is 0.501. The van der Waals surface area contributed by atoms with Crippen LogP contribution in [0.15, 0.2) is 28.7 Å². The van der Waals surface area contributed by atoms with Crippen LogP contribution in [0.3, 0.4) is 0 Å². The predicted octanol–water partition coefficient (Wildman–Crippen LogP) is 1.87. The van der Waals surface area contributed by atoms with Crippen molar-refractivity contribution in [2.75, 3.05) is 0 Å². The maximum atomic E-state index is 10.1. The first-order valence-corrected chi connectivity index (χ1v) is 4.61. The number of carboxylic acid groups (broad SMARTS) is 1.